The molecule has 5 rings (SSSR count). The number of para-hydroxylation sites is 1. The van der Waals surface area contributed by atoms with Crippen molar-refractivity contribution in [3.63, 3.8) is 0 Å². The third-order valence-corrected chi connectivity index (χ3v) is 6.76. The number of nitrogens with one attached hydrogen (secondary N) is 1. The Morgan fingerprint density at radius 3 is 2.79 bits per heavy atom. The third kappa shape index (κ3) is 3.09. The molecule has 0 amide bonds. The van der Waals surface area contributed by atoms with E-state index in [1.165, 1.54) is 29.0 Å². The smallest absolute Gasteiger partial charge is 0.265 e. The van der Waals surface area contributed by atoms with Gasteiger partial charge in [-0.2, -0.15) is 0 Å². The van der Waals surface area contributed by atoms with Crippen LogP contribution in [0.1, 0.15) is 18.7 Å². The number of pyridine rings is 1. The van der Waals surface area contributed by atoms with E-state index in [0.29, 0.717) is 16.2 Å². The molecular formula is C20H14ClN5OS2. The SMILES string of the molecule is C[C@H](Nc1ncnc2scnc12)c1cc2scc(Cl)c2c(=O)n1-c1ccccc1. The molecule has 0 unspecified atom stereocenters. The van der Waals surface area contributed by atoms with Gasteiger partial charge in [0.15, 0.2) is 5.82 Å². The van der Waals surface area contributed by atoms with Crippen molar-refractivity contribution in [2.75, 3.05) is 5.32 Å². The molecule has 1 N–H and O–H groups in total. The fourth-order valence-electron chi connectivity index (χ4n) is 3.33. The molecule has 144 valence electrons. The predicted octanol–water partition coefficient (Wildman–Crippen LogP) is 5.28. The Morgan fingerprint density at radius 1 is 1.14 bits per heavy atom. The Kier molecular flexibility index (Phi) is 4.54. The van der Waals surface area contributed by atoms with Crippen molar-refractivity contribution in [2.24, 2.45) is 0 Å². The number of hydrogen-bond donors (Lipinski definition) is 1. The lowest BCUT2D eigenvalue weighted by Crippen LogP contribution is -2.25. The second-order valence-corrected chi connectivity index (χ2v) is 8.61. The van der Waals surface area contributed by atoms with E-state index in [2.05, 4.69) is 20.3 Å². The molecule has 0 fully saturated rings. The van der Waals surface area contributed by atoms with Crippen LogP contribution in [0.2, 0.25) is 5.02 Å². The first kappa shape index (κ1) is 18.2. The van der Waals surface area contributed by atoms with Crippen molar-refractivity contribution < 1.29 is 0 Å². The van der Waals surface area contributed by atoms with Gasteiger partial charge in [-0.25, -0.2) is 15.0 Å². The molecule has 0 radical (unpaired) electrons. The number of thiophene rings is 1. The lowest BCUT2D eigenvalue weighted by molar-refractivity contribution is 0.774. The second-order valence-electron chi connectivity index (χ2n) is 6.46. The van der Waals surface area contributed by atoms with Crippen LogP contribution in [0.3, 0.4) is 0 Å². The summed E-state index contributed by atoms with van der Waals surface area (Å²) in [6.45, 7) is 2.00. The van der Waals surface area contributed by atoms with Crippen LogP contribution in [-0.2, 0) is 0 Å². The van der Waals surface area contributed by atoms with Crippen LogP contribution >= 0.6 is 34.3 Å². The first-order chi connectivity index (χ1) is 14.1. The summed E-state index contributed by atoms with van der Waals surface area (Å²) in [7, 11) is 0. The lowest BCUT2D eigenvalue weighted by atomic mass is 10.1. The molecule has 0 saturated carbocycles. The maximum Gasteiger partial charge on any atom is 0.265 e. The number of fused-ring (bicyclic) bond motifs is 2. The van der Waals surface area contributed by atoms with Gasteiger partial charge in [-0.1, -0.05) is 29.8 Å². The van der Waals surface area contributed by atoms with Gasteiger partial charge < -0.3 is 5.32 Å². The number of benzene rings is 1. The molecule has 0 saturated heterocycles. The van der Waals surface area contributed by atoms with E-state index in [9.17, 15) is 4.79 Å². The minimum absolute atomic E-state index is 0.134. The third-order valence-electron chi connectivity index (χ3n) is 4.67. The molecule has 4 heterocycles. The highest BCUT2D eigenvalue weighted by Gasteiger charge is 2.20. The van der Waals surface area contributed by atoms with Gasteiger partial charge in [-0.05, 0) is 25.1 Å². The van der Waals surface area contributed by atoms with Crippen LogP contribution in [0.4, 0.5) is 5.82 Å². The minimum Gasteiger partial charge on any atom is -0.360 e. The maximum atomic E-state index is 13.4. The van der Waals surface area contributed by atoms with Crippen LogP contribution in [0.5, 0.6) is 0 Å². The monoisotopic (exact) mass is 439 g/mol. The average Bonchev–Trinajstić information content (AvgIpc) is 3.36. The van der Waals surface area contributed by atoms with E-state index < -0.39 is 0 Å². The lowest BCUT2D eigenvalue weighted by Gasteiger charge is -2.20. The zero-order chi connectivity index (χ0) is 20.0. The van der Waals surface area contributed by atoms with Gasteiger partial charge >= 0.3 is 0 Å². The fraction of sp³-hybridized carbons (Fsp3) is 0.100. The number of nitrogens with zero attached hydrogens (tertiary/aromatic N) is 4. The molecule has 29 heavy (non-hydrogen) atoms. The van der Waals surface area contributed by atoms with Crippen molar-refractivity contribution in [1.29, 1.82) is 0 Å². The van der Waals surface area contributed by atoms with E-state index in [4.69, 9.17) is 11.6 Å². The Hall–Kier alpha value is -2.81. The molecule has 0 bridgehead atoms. The van der Waals surface area contributed by atoms with E-state index in [-0.39, 0.29) is 11.6 Å². The Morgan fingerprint density at radius 2 is 1.97 bits per heavy atom. The molecule has 0 aliphatic rings. The number of halogens is 1. The van der Waals surface area contributed by atoms with Gasteiger partial charge in [0.2, 0.25) is 0 Å². The topological polar surface area (TPSA) is 72.7 Å². The Labute approximate surface area is 178 Å². The first-order valence-electron chi connectivity index (χ1n) is 8.82. The van der Waals surface area contributed by atoms with Gasteiger partial charge in [0.05, 0.1) is 22.0 Å². The summed E-state index contributed by atoms with van der Waals surface area (Å²) >= 11 is 9.23. The van der Waals surface area contributed by atoms with Crippen LogP contribution in [0.15, 0.2) is 58.4 Å². The number of anilines is 1. The van der Waals surface area contributed by atoms with Crippen LogP contribution in [-0.4, -0.2) is 19.5 Å². The van der Waals surface area contributed by atoms with Gasteiger partial charge in [0.1, 0.15) is 16.7 Å². The summed E-state index contributed by atoms with van der Waals surface area (Å²) < 4.78 is 2.57. The zero-order valence-electron chi connectivity index (χ0n) is 15.2. The van der Waals surface area contributed by atoms with E-state index >= 15 is 0 Å². The molecular weight excluding hydrogens is 426 g/mol. The molecule has 0 aliphatic heterocycles. The van der Waals surface area contributed by atoms with Gasteiger partial charge in [-0.3, -0.25) is 9.36 Å². The number of thiazole rings is 1. The van der Waals surface area contributed by atoms with E-state index in [1.54, 1.807) is 15.5 Å². The molecule has 5 aromatic rings. The largest absolute Gasteiger partial charge is 0.360 e. The van der Waals surface area contributed by atoms with Crippen molar-refractivity contribution >= 4 is 60.5 Å². The second kappa shape index (κ2) is 7.22. The molecule has 0 aliphatic carbocycles. The van der Waals surface area contributed by atoms with Crippen LogP contribution < -0.4 is 10.9 Å². The summed E-state index contributed by atoms with van der Waals surface area (Å²) in [6.07, 6.45) is 1.52. The molecule has 6 nitrogen and oxygen atoms in total. The number of rotatable bonds is 4. The Bertz CT molecular complexity index is 1390. The number of aromatic nitrogens is 4. The van der Waals surface area contributed by atoms with E-state index in [0.717, 1.165) is 26.4 Å². The molecule has 1 atom stereocenters. The van der Waals surface area contributed by atoms with Gasteiger partial charge in [-0.15, -0.1) is 22.7 Å². The molecule has 9 heteroatoms. The number of hydrogen-bond acceptors (Lipinski definition) is 7. The summed E-state index contributed by atoms with van der Waals surface area (Å²) in [5.41, 5.74) is 3.93. The average molecular weight is 440 g/mol. The van der Waals surface area contributed by atoms with Crippen LogP contribution in [0.25, 0.3) is 26.1 Å². The van der Waals surface area contributed by atoms with Crippen molar-refractivity contribution in [3.05, 3.63) is 74.7 Å². The van der Waals surface area contributed by atoms with Gasteiger partial charge in [0, 0.05) is 21.5 Å². The summed E-state index contributed by atoms with van der Waals surface area (Å²) in [5.74, 6) is 0.639. The summed E-state index contributed by atoms with van der Waals surface area (Å²) in [6, 6.07) is 11.4. The highest BCUT2D eigenvalue weighted by Crippen LogP contribution is 2.32. The normalized spacial score (nSPS) is 12.5. The van der Waals surface area contributed by atoms with Crippen molar-refractivity contribution in [2.45, 2.75) is 13.0 Å². The van der Waals surface area contributed by atoms with Gasteiger partial charge in [0.25, 0.3) is 5.56 Å². The highest BCUT2D eigenvalue weighted by atomic mass is 35.5. The maximum absolute atomic E-state index is 13.4. The van der Waals surface area contributed by atoms with Crippen molar-refractivity contribution in [3.8, 4) is 5.69 Å². The summed E-state index contributed by atoms with van der Waals surface area (Å²) in [4.78, 5) is 27.2. The molecule has 4 aromatic heterocycles. The summed E-state index contributed by atoms with van der Waals surface area (Å²) in [5, 5.41) is 6.22. The fourth-order valence-corrected chi connectivity index (χ4v) is 5.18. The van der Waals surface area contributed by atoms with Crippen LogP contribution in [0, 0.1) is 0 Å². The zero-order valence-corrected chi connectivity index (χ0v) is 17.6. The van der Waals surface area contributed by atoms with Crippen molar-refractivity contribution in [1.82, 2.24) is 19.5 Å². The Balaban J connectivity index is 1.69. The first-order valence-corrected chi connectivity index (χ1v) is 11.0. The quantitative estimate of drug-likeness (QED) is 0.412. The van der Waals surface area contributed by atoms with E-state index in [1.807, 2.05) is 43.3 Å². The molecule has 1 aromatic carbocycles. The highest BCUT2D eigenvalue weighted by molar-refractivity contribution is 7.17. The standard InChI is InChI=1S/C20H14ClN5OS2/c1-11(25-18-17-19(23-9-22-18)29-10-24-17)14-7-15-16(13(21)8-28-15)20(27)26(14)12-5-3-2-4-6-12/h2-11H,1H3,(H,22,23,25)/t11-/m0/s1. The molecule has 0 spiro atoms. The minimum atomic E-state index is -0.215. The predicted molar refractivity (Wildman–Crippen MR) is 120 cm³/mol.